The molecule has 2 rings (SSSR count). The van der Waals surface area contributed by atoms with Crippen LogP contribution in [-0.4, -0.2) is 23.5 Å². The smallest absolute Gasteiger partial charge is 0.355 e. The van der Waals surface area contributed by atoms with Crippen molar-refractivity contribution in [1.29, 1.82) is 0 Å². The minimum absolute atomic E-state index is 0.272. The maximum absolute atomic E-state index is 11.7. The number of hydrogen-bond acceptors (Lipinski definition) is 3. The molecule has 104 valence electrons. The van der Waals surface area contributed by atoms with Crippen LogP contribution in [0.4, 0.5) is 5.69 Å². The van der Waals surface area contributed by atoms with Gasteiger partial charge in [-0.1, -0.05) is 29.3 Å². The fourth-order valence-electron chi connectivity index (χ4n) is 1.46. The summed E-state index contributed by atoms with van der Waals surface area (Å²) in [6, 6.07) is 8.04. The first-order valence-corrected chi connectivity index (χ1v) is 6.38. The van der Waals surface area contributed by atoms with Crippen molar-refractivity contribution in [3.05, 3.63) is 52.3 Å². The van der Waals surface area contributed by atoms with E-state index in [1.807, 2.05) is 0 Å². The molecular formula is C13H10Cl2N2O3. The van der Waals surface area contributed by atoms with Crippen LogP contribution in [0.1, 0.15) is 10.5 Å². The zero-order valence-electron chi connectivity index (χ0n) is 10.2. The number of anilines is 1. The van der Waals surface area contributed by atoms with Gasteiger partial charge in [0.2, 0.25) is 0 Å². The molecule has 0 spiro atoms. The van der Waals surface area contributed by atoms with Crippen LogP contribution in [0.3, 0.4) is 0 Å². The van der Waals surface area contributed by atoms with Gasteiger partial charge < -0.3 is 15.0 Å². The Labute approximate surface area is 124 Å². The number of rotatable bonds is 4. The lowest BCUT2D eigenvalue weighted by Gasteiger charge is -2.09. The van der Waals surface area contributed by atoms with Crippen molar-refractivity contribution in [2.45, 2.75) is 0 Å². The van der Waals surface area contributed by atoms with Crippen molar-refractivity contribution in [2.24, 2.45) is 0 Å². The second kappa shape index (κ2) is 6.45. The number of carbonyl (C=O) groups is 2. The molecule has 0 saturated carbocycles. The van der Waals surface area contributed by atoms with E-state index in [2.05, 4.69) is 10.3 Å². The fourth-order valence-corrected chi connectivity index (χ4v) is 1.95. The van der Waals surface area contributed by atoms with Crippen LogP contribution in [0.25, 0.3) is 0 Å². The first kappa shape index (κ1) is 14.4. The van der Waals surface area contributed by atoms with Crippen molar-refractivity contribution in [3.8, 4) is 0 Å². The SMILES string of the molecule is O=C(COC(=O)c1ccc[nH]1)Nc1c(Cl)cccc1Cl. The third-order valence-corrected chi connectivity index (χ3v) is 3.01. The summed E-state index contributed by atoms with van der Waals surface area (Å²) in [7, 11) is 0. The quantitative estimate of drug-likeness (QED) is 0.852. The average Bonchev–Trinajstić information content (AvgIpc) is 2.94. The van der Waals surface area contributed by atoms with E-state index in [-0.39, 0.29) is 11.4 Å². The van der Waals surface area contributed by atoms with Crippen molar-refractivity contribution in [3.63, 3.8) is 0 Å². The molecule has 1 aromatic heterocycles. The lowest BCUT2D eigenvalue weighted by atomic mass is 10.3. The third-order valence-electron chi connectivity index (χ3n) is 2.38. The van der Waals surface area contributed by atoms with E-state index < -0.39 is 18.5 Å². The number of esters is 1. The Bertz CT molecular complexity index is 606. The standard InChI is InChI=1S/C13H10Cl2N2O3/c14-8-3-1-4-9(15)12(8)17-11(18)7-20-13(19)10-5-2-6-16-10/h1-6,16H,7H2,(H,17,18). The van der Waals surface area contributed by atoms with Crippen molar-refractivity contribution in [2.75, 3.05) is 11.9 Å². The second-order valence-electron chi connectivity index (χ2n) is 3.80. The number of hydrogen-bond donors (Lipinski definition) is 2. The summed E-state index contributed by atoms with van der Waals surface area (Å²) in [6.45, 7) is -0.431. The Balaban J connectivity index is 1.92. The summed E-state index contributed by atoms with van der Waals surface area (Å²) < 4.78 is 4.83. The van der Waals surface area contributed by atoms with E-state index in [4.69, 9.17) is 27.9 Å². The van der Waals surface area contributed by atoms with Gasteiger partial charge in [-0.15, -0.1) is 0 Å². The molecule has 0 saturated heterocycles. The molecule has 0 aliphatic carbocycles. The predicted octanol–water partition coefficient (Wildman–Crippen LogP) is 3.12. The van der Waals surface area contributed by atoms with Gasteiger partial charge in [0.1, 0.15) is 5.69 Å². The van der Waals surface area contributed by atoms with E-state index in [0.29, 0.717) is 10.0 Å². The highest BCUT2D eigenvalue weighted by molar-refractivity contribution is 6.39. The van der Waals surface area contributed by atoms with Crippen LogP contribution in [0.5, 0.6) is 0 Å². The van der Waals surface area contributed by atoms with Gasteiger partial charge in [-0.2, -0.15) is 0 Å². The molecule has 0 radical (unpaired) electrons. The van der Waals surface area contributed by atoms with Gasteiger partial charge in [-0.3, -0.25) is 4.79 Å². The van der Waals surface area contributed by atoms with Crippen LogP contribution in [-0.2, 0) is 9.53 Å². The summed E-state index contributed by atoms with van der Waals surface area (Å²) in [5, 5.41) is 3.10. The number of benzene rings is 1. The first-order chi connectivity index (χ1) is 9.58. The highest BCUT2D eigenvalue weighted by Gasteiger charge is 2.13. The molecule has 2 aromatic rings. The molecule has 0 atom stereocenters. The number of para-hydroxylation sites is 1. The van der Waals surface area contributed by atoms with E-state index in [9.17, 15) is 9.59 Å². The molecule has 20 heavy (non-hydrogen) atoms. The summed E-state index contributed by atoms with van der Waals surface area (Å²) in [5.41, 5.74) is 0.560. The minimum atomic E-state index is -0.615. The summed E-state index contributed by atoms with van der Waals surface area (Å²) in [4.78, 5) is 25.9. The lowest BCUT2D eigenvalue weighted by molar-refractivity contribution is -0.119. The van der Waals surface area contributed by atoms with Crippen LogP contribution in [0.15, 0.2) is 36.5 Å². The Kier molecular flexibility index (Phi) is 4.65. The summed E-state index contributed by atoms with van der Waals surface area (Å²) in [5.74, 6) is -1.14. The van der Waals surface area contributed by atoms with Crippen LogP contribution in [0, 0.1) is 0 Å². The summed E-state index contributed by atoms with van der Waals surface area (Å²) in [6.07, 6.45) is 1.58. The van der Waals surface area contributed by atoms with Gasteiger partial charge in [0.25, 0.3) is 5.91 Å². The third kappa shape index (κ3) is 3.53. The molecule has 5 nitrogen and oxygen atoms in total. The Morgan fingerprint density at radius 1 is 1.15 bits per heavy atom. The molecular weight excluding hydrogens is 303 g/mol. The Morgan fingerprint density at radius 3 is 2.45 bits per heavy atom. The average molecular weight is 313 g/mol. The second-order valence-corrected chi connectivity index (χ2v) is 4.62. The Hall–Kier alpha value is -1.98. The molecule has 0 fully saturated rings. The van der Waals surface area contributed by atoms with E-state index in [1.54, 1.807) is 36.5 Å². The lowest BCUT2D eigenvalue weighted by Crippen LogP contribution is -2.21. The maximum Gasteiger partial charge on any atom is 0.355 e. The number of amides is 1. The normalized spacial score (nSPS) is 10.1. The number of halogens is 2. The fraction of sp³-hybridized carbons (Fsp3) is 0.0769. The number of aromatic amines is 1. The summed E-state index contributed by atoms with van der Waals surface area (Å²) >= 11 is 11.8. The molecule has 0 bridgehead atoms. The number of aromatic nitrogens is 1. The monoisotopic (exact) mass is 312 g/mol. The topological polar surface area (TPSA) is 71.2 Å². The van der Waals surface area contributed by atoms with E-state index in [1.165, 1.54) is 0 Å². The van der Waals surface area contributed by atoms with E-state index >= 15 is 0 Å². The zero-order chi connectivity index (χ0) is 14.5. The molecule has 0 aliphatic heterocycles. The highest BCUT2D eigenvalue weighted by Crippen LogP contribution is 2.29. The van der Waals surface area contributed by atoms with Gasteiger partial charge in [0.05, 0.1) is 15.7 Å². The van der Waals surface area contributed by atoms with Crippen LogP contribution >= 0.6 is 23.2 Å². The number of ether oxygens (including phenoxy) is 1. The highest BCUT2D eigenvalue weighted by atomic mass is 35.5. The van der Waals surface area contributed by atoms with Gasteiger partial charge >= 0.3 is 5.97 Å². The molecule has 0 aliphatic rings. The predicted molar refractivity (Wildman–Crippen MR) is 76.2 cm³/mol. The van der Waals surface area contributed by atoms with Crippen LogP contribution < -0.4 is 5.32 Å². The van der Waals surface area contributed by atoms with E-state index in [0.717, 1.165) is 0 Å². The molecule has 0 unspecified atom stereocenters. The van der Waals surface area contributed by atoms with Crippen molar-refractivity contribution < 1.29 is 14.3 Å². The number of nitrogens with one attached hydrogen (secondary N) is 2. The van der Waals surface area contributed by atoms with Gasteiger partial charge in [-0.05, 0) is 24.3 Å². The van der Waals surface area contributed by atoms with Gasteiger partial charge in [0, 0.05) is 6.20 Å². The molecule has 1 aromatic carbocycles. The molecule has 1 heterocycles. The minimum Gasteiger partial charge on any atom is -0.451 e. The van der Waals surface area contributed by atoms with Crippen molar-refractivity contribution >= 4 is 40.8 Å². The van der Waals surface area contributed by atoms with Crippen LogP contribution in [0.2, 0.25) is 10.0 Å². The number of H-pyrrole nitrogens is 1. The molecule has 2 N–H and O–H groups in total. The zero-order valence-corrected chi connectivity index (χ0v) is 11.7. The Morgan fingerprint density at radius 2 is 1.85 bits per heavy atom. The molecule has 1 amide bonds. The molecule has 7 heteroatoms. The maximum atomic E-state index is 11.7. The van der Waals surface area contributed by atoms with Gasteiger partial charge in [-0.25, -0.2) is 4.79 Å². The number of carbonyl (C=O) groups excluding carboxylic acids is 2. The van der Waals surface area contributed by atoms with Gasteiger partial charge in [0.15, 0.2) is 6.61 Å². The largest absolute Gasteiger partial charge is 0.451 e. The van der Waals surface area contributed by atoms with Crippen molar-refractivity contribution in [1.82, 2.24) is 4.98 Å². The first-order valence-electron chi connectivity index (χ1n) is 5.62.